The van der Waals surface area contributed by atoms with E-state index in [1.54, 1.807) is 12.0 Å². The maximum absolute atomic E-state index is 12.9. The second-order valence-corrected chi connectivity index (χ2v) is 6.00. The first-order valence-corrected chi connectivity index (χ1v) is 8.03. The number of nitrogens with zero attached hydrogens (tertiary/aromatic N) is 2. The van der Waals surface area contributed by atoms with Crippen molar-refractivity contribution in [3.05, 3.63) is 42.0 Å². The number of carbonyl (C=O) groups is 2. The van der Waals surface area contributed by atoms with Crippen LogP contribution in [0.3, 0.4) is 0 Å². The quantitative estimate of drug-likeness (QED) is 0.802. The molecule has 1 saturated heterocycles. The molecule has 0 unspecified atom stereocenters. The van der Waals surface area contributed by atoms with Gasteiger partial charge in [-0.3, -0.25) is 9.59 Å². The number of amides is 2. The number of benzene rings is 1. The van der Waals surface area contributed by atoms with Gasteiger partial charge in [0.25, 0.3) is 5.91 Å². The lowest BCUT2D eigenvalue weighted by Crippen LogP contribution is -2.36. The van der Waals surface area contributed by atoms with E-state index >= 15 is 0 Å². The van der Waals surface area contributed by atoms with Crippen LogP contribution in [0.5, 0.6) is 0 Å². The number of hydrogen-bond donors (Lipinski definition) is 0. The Balaban J connectivity index is 1.91. The normalized spacial score (nSPS) is 20.3. The molecule has 2 aliphatic heterocycles. The molecule has 2 heterocycles. The standard InChI is InChI=1S/C18H22N2O3/c1-3-17(21)20-10-5-7-14-15(6-4-8-16(14)20)18(22)19-11-9-13(12-19)23-2/h3-4,6,8,13H,1,5,7,9-12H2,2H3/t13-/m1/s1. The largest absolute Gasteiger partial charge is 0.380 e. The van der Waals surface area contributed by atoms with Gasteiger partial charge in [-0.1, -0.05) is 12.6 Å². The fourth-order valence-electron chi connectivity index (χ4n) is 3.44. The Hall–Kier alpha value is -2.14. The number of anilines is 1. The van der Waals surface area contributed by atoms with E-state index in [0.29, 0.717) is 18.7 Å². The van der Waals surface area contributed by atoms with Crippen LogP contribution in [0.25, 0.3) is 0 Å². The third-order valence-corrected chi connectivity index (χ3v) is 4.69. The highest BCUT2D eigenvalue weighted by Gasteiger charge is 2.30. The fraction of sp³-hybridized carbons (Fsp3) is 0.444. The van der Waals surface area contributed by atoms with Gasteiger partial charge in [0.05, 0.1) is 6.10 Å². The number of rotatable bonds is 3. The minimum absolute atomic E-state index is 0.0364. The van der Waals surface area contributed by atoms with Crippen molar-refractivity contribution in [3.8, 4) is 0 Å². The van der Waals surface area contributed by atoms with Crippen LogP contribution in [0.15, 0.2) is 30.9 Å². The summed E-state index contributed by atoms with van der Waals surface area (Å²) in [6, 6.07) is 5.63. The summed E-state index contributed by atoms with van der Waals surface area (Å²) in [5, 5.41) is 0. The number of fused-ring (bicyclic) bond motifs is 1. The molecule has 0 radical (unpaired) electrons. The molecule has 1 aromatic rings. The van der Waals surface area contributed by atoms with Gasteiger partial charge in [0.2, 0.25) is 5.91 Å². The van der Waals surface area contributed by atoms with Crippen molar-refractivity contribution in [1.29, 1.82) is 0 Å². The number of carbonyl (C=O) groups excluding carboxylic acids is 2. The minimum Gasteiger partial charge on any atom is -0.380 e. The third-order valence-electron chi connectivity index (χ3n) is 4.69. The Morgan fingerprint density at radius 2 is 2.17 bits per heavy atom. The fourth-order valence-corrected chi connectivity index (χ4v) is 3.44. The molecular weight excluding hydrogens is 292 g/mol. The molecule has 23 heavy (non-hydrogen) atoms. The summed E-state index contributed by atoms with van der Waals surface area (Å²) in [5.74, 6) is -0.0783. The Kier molecular flexibility index (Phi) is 4.48. The van der Waals surface area contributed by atoms with E-state index in [4.69, 9.17) is 4.74 Å². The van der Waals surface area contributed by atoms with Gasteiger partial charge in [-0.15, -0.1) is 0 Å². The summed E-state index contributed by atoms with van der Waals surface area (Å²) in [6.07, 6.45) is 4.00. The van der Waals surface area contributed by atoms with E-state index in [0.717, 1.165) is 37.1 Å². The highest BCUT2D eigenvalue weighted by molar-refractivity contribution is 6.04. The Bertz CT molecular complexity index is 641. The second kappa shape index (κ2) is 6.54. The van der Waals surface area contributed by atoms with Crippen molar-refractivity contribution in [2.45, 2.75) is 25.4 Å². The molecule has 5 heteroatoms. The van der Waals surface area contributed by atoms with E-state index in [1.165, 1.54) is 6.08 Å². The Labute approximate surface area is 136 Å². The molecule has 0 spiro atoms. The van der Waals surface area contributed by atoms with Gasteiger partial charge in [-0.25, -0.2) is 0 Å². The number of likely N-dealkylation sites (tertiary alicyclic amines) is 1. The molecule has 0 aromatic heterocycles. The minimum atomic E-state index is -0.115. The predicted octanol–water partition coefficient (Wildman–Crippen LogP) is 2.01. The highest BCUT2D eigenvalue weighted by Crippen LogP contribution is 2.31. The van der Waals surface area contributed by atoms with Gasteiger partial charge < -0.3 is 14.5 Å². The summed E-state index contributed by atoms with van der Waals surface area (Å²) < 4.78 is 5.35. The van der Waals surface area contributed by atoms with Crippen molar-refractivity contribution in [1.82, 2.24) is 4.90 Å². The molecule has 122 valence electrons. The number of ether oxygens (including phenoxy) is 1. The van der Waals surface area contributed by atoms with Crippen LogP contribution in [-0.2, 0) is 16.0 Å². The molecule has 0 saturated carbocycles. The lowest BCUT2D eigenvalue weighted by Gasteiger charge is -2.30. The monoisotopic (exact) mass is 314 g/mol. The van der Waals surface area contributed by atoms with Gasteiger partial charge >= 0.3 is 0 Å². The van der Waals surface area contributed by atoms with E-state index in [9.17, 15) is 9.59 Å². The average molecular weight is 314 g/mol. The van der Waals surface area contributed by atoms with E-state index in [2.05, 4.69) is 6.58 Å². The highest BCUT2D eigenvalue weighted by atomic mass is 16.5. The lowest BCUT2D eigenvalue weighted by molar-refractivity contribution is -0.114. The molecular formula is C18H22N2O3. The molecule has 5 nitrogen and oxygen atoms in total. The molecule has 0 bridgehead atoms. The van der Waals surface area contributed by atoms with Gasteiger partial charge in [0.15, 0.2) is 0 Å². The summed E-state index contributed by atoms with van der Waals surface area (Å²) >= 11 is 0. The average Bonchev–Trinajstić information content (AvgIpc) is 3.08. The molecule has 1 fully saturated rings. The van der Waals surface area contributed by atoms with Crippen molar-refractivity contribution in [3.63, 3.8) is 0 Å². The molecule has 1 aromatic carbocycles. The van der Waals surface area contributed by atoms with Crippen molar-refractivity contribution in [2.24, 2.45) is 0 Å². The number of methoxy groups -OCH3 is 1. The van der Waals surface area contributed by atoms with E-state index in [-0.39, 0.29) is 17.9 Å². The SMILES string of the molecule is C=CC(=O)N1CCCc2c(C(=O)N3CC[C@@H](OC)C3)cccc21. The van der Waals surface area contributed by atoms with Gasteiger partial charge in [0, 0.05) is 38.0 Å². The maximum atomic E-state index is 12.9. The molecule has 3 rings (SSSR count). The van der Waals surface area contributed by atoms with Crippen LogP contribution in [0, 0.1) is 0 Å². The summed E-state index contributed by atoms with van der Waals surface area (Å²) in [5.41, 5.74) is 2.52. The Morgan fingerprint density at radius 3 is 2.87 bits per heavy atom. The van der Waals surface area contributed by atoms with Crippen molar-refractivity contribution in [2.75, 3.05) is 31.6 Å². The number of hydrogen-bond acceptors (Lipinski definition) is 3. The summed E-state index contributed by atoms with van der Waals surface area (Å²) in [7, 11) is 1.68. The van der Waals surface area contributed by atoms with E-state index < -0.39 is 0 Å². The van der Waals surface area contributed by atoms with Crippen LogP contribution in [-0.4, -0.2) is 49.6 Å². The Morgan fingerprint density at radius 1 is 1.35 bits per heavy atom. The van der Waals surface area contributed by atoms with Crippen LogP contribution in [0.1, 0.15) is 28.8 Å². The lowest BCUT2D eigenvalue weighted by atomic mass is 9.95. The predicted molar refractivity (Wildman–Crippen MR) is 88.6 cm³/mol. The molecule has 0 N–H and O–H groups in total. The third kappa shape index (κ3) is 2.88. The first kappa shape index (κ1) is 15.7. The molecule has 0 aliphatic carbocycles. The van der Waals surface area contributed by atoms with Crippen molar-refractivity contribution < 1.29 is 14.3 Å². The van der Waals surface area contributed by atoms with Crippen LogP contribution < -0.4 is 4.90 Å². The van der Waals surface area contributed by atoms with Gasteiger partial charge in [0.1, 0.15) is 0 Å². The van der Waals surface area contributed by atoms with Crippen molar-refractivity contribution >= 4 is 17.5 Å². The maximum Gasteiger partial charge on any atom is 0.254 e. The zero-order chi connectivity index (χ0) is 16.4. The van der Waals surface area contributed by atoms with Crippen LogP contribution >= 0.6 is 0 Å². The zero-order valence-electron chi connectivity index (χ0n) is 13.5. The zero-order valence-corrected chi connectivity index (χ0v) is 13.5. The molecule has 2 amide bonds. The topological polar surface area (TPSA) is 49.9 Å². The first-order valence-electron chi connectivity index (χ1n) is 8.03. The molecule has 2 aliphatic rings. The first-order chi connectivity index (χ1) is 11.2. The summed E-state index contributed by atoms with van der Waals surface area (Å²) in [6.45, 7) is 5.59. The van der Waals surface area contributed by atoms with Gasteiger partial charge in [-0.05, 0) is 43.0 Å². The summed E-state index contributed by atoms with van der Waals surface area (Å²) in [4.78, 5) is 28.5. The second-order valence-electron chi connectivity index (χ2n) is 6.00. The van der Waals surface area contributed by atoms with E-state index in [1.807, 2.05) is 23.1 Å². The van der Waals surface area contributed by atoms with Gasteiger partial charge in [-0.2, -0.15) is 0 Å². The van der Waals surface area contributed by atoms with Crippen LogP contribution in [0.2, 0.25) is 0 Å². The smallest absolute Gasteiger partial charge is 0.254 e. The molecule has 1 atom stereocenters. The van der Waals surface area contributed by atoms with Crippen LogP contribution in [0.4, 0.5) is 5.69 Å².